The van der Waals surface area contributed by atoms with Crippen LogP contribution in [0.25, 0.3) is 10.9 Å². The van der Waals surface area contributed by atoms with Gasteiger partial charge in [0.05, 0.1) is 38.3 Å². The summed E-state index contributed by atoms with van der Waals surface area (Å²) in [4.78, 5) is 154. The van der Waals surface area contributed by atoms with Crippen molar-refractivity contribution in [1.29, 1.82) is 0 Å². The van der Waals surface area contributed by atoms with Crippen molar-refractivity contribution >= 4 is 93.4 Å². The second-order valence-corrected chi connectivity index (χ2v) is 18.5. The number of nitrogens with zero attached hydrogens (tertiary/aromatic N) is 2. The molecule has 2 aromatic rings. The van der Waals surface area contributed by atoms with Gasteiger partial charge in [0.25, 0.3) is 17.6 Å². The van der Waals surface area contributed by atoms with Crippen LogP contribution in [0, 0.1) is 0 Å². The summed E-state index contributed by atoms with van der Waals surface area (Å²) in [6.07, 6.45) is -5.66. The van der Waals surface area contributed by atoms with Crippen LogP contribution in [0.3, 0.4) is 0 Å². The van der Waals surface area contributed by atoms with Gasteiger partial charge in [0.15, 0.2) is 17.5 Å². The van der Waals surface area contributed by atoms with Gasteiger partial charge >= 0.3 is 0 Å². The molecule has 1 aromatic heterocycles. The first kappa shape index (κ1) is 61.3. The standard InChI is InChI=1S/C45H63N15O19/c46-9-1-3-20(53-39(72)24(15-33(67)68)55-41(74)26-8-11-48-36-23(51-31(65)6-5-30(47)64)13-19-14-28(62)29(63)16-27(19)60(26)36)38(71)57-34(35(69)44(77)78)42(75)58-45-49-10-7-21(56-45)37(70)50-17-32(66)52-25(18-61)40(73)54-22-4-2-12-59(79)43(22)76/h13-14,16,20-22,24-26,34-35,45,49,56,61,69,79H,1-12,15,17-18,46H2,(H14,47,48,50,51,52,53,54,55,57,58,62,63,64,65,66,67,68,70,71,72,73,74,75,77,78)/t20?,21?,22?,24?,25?,26-,34?,35?,45?/m0/s1. The van der Waals surface area contributed by atoms with Crippen molar-refractivity contribution in [2.45, 2.75) is 112 Å². The maximum absolute atomic E-state index is 14.2. The van der Waals surface area contributed by atoms with Gasteiger partial charge in [-0.15, -0.1) is 0 Å². The first-order valence-corrected chi connectivity index (χ1v) is 24.8. The summed E-state index contributed by atoms with van der Waals surface area (Å²) >= 11 is 0. The highest BCUT2D eigenvalue weighted by Crippen LogP contribution is 2.35. The Morgan fingerprint density at radius 1 is 0.823 bits per heavy atom. The Morgan fingerprint density at radius 2 is 1.53 bits per heavy atom. The van der Waals surface area contributed by atoms with Crippen molar-refractivity contribution in [3.8, 4) is 11.5 Å². The van der Waals surface area contributed by atoms with Gasteiger partial charge in [-0.3, -0.25) is 69.1 Å². The van der Waals surface area contributed by atoms with E-state index >= 15 is 0 Å². The number of aliphatic hydroxyl groups excluding tert-OH is 2. The number of hydroxylamine groups is 2. The second-order valence-electron chi connectivity index (χ2n) is 18.5. The Balaban J connectivity index is 1.25. The number of quaternary nitrogens is 1. The molecule has 2 fully saturated rings. The van der Waals surface area contributed by atoms with Crippen LogP contribution in [0.1, 0.15) is 63.8 Å². The number of carboxylic acids is 2. The van der Waals surface area contributed by atoms with Gasteiger partial charge in [-0.1, -0.05) is 0 Å². The Morgan fingerprint density at radius 3 is 2.20 bits per heavy atom. The number of rotatable bonds is 26. The van der Waals surface area contributed by atoms with Crippen molar-refractivity contribution in [3.63, 3.8) is 0 Å². The summed E-state index contributed by atoms with van der Waals surface area (Å²) < 4.78 is 1.30. The van der Waals surface area contributed by atoms with E-state index in [2.05, 4.69) is 58.9 Å². The number of aliphatic carboxylic acids is 2. The number of hydrogen-bond donors (Lipinski definition) is 18. The molecular formula is C45H63N15O19. The average Bonchev–Trinajstić information content (AvgIpc) is 3.55. The molecule has 3 aliphatic rings. The molecule has 4 heterocycles. The maximum Gasteiger partial charge on any atom is 0.299 e. The number of aliphatic hydroxyl groups is 2. The lowest BCUT2D eigenvalue weighted by Crippen LogP contribution is -2.69. The molecule has 0 spiro atoms. The molecule has 34 heteroatoms. The third-order valence-corrected chi connectivity index (χ3v) is 12.6. The van der Waals surface area contributed by atoms with E-state index in [1.54, 1.807) is 0 Å². The minimum atomic E-state index is -2.76. The Kier molecular flexibility index (Phi) is 21.9. The quantitative estimate of drug-likeness (QED) is 0.0236. The highest BCUT2D eigenvalue weighted by molar-refractivity contribution is 6.00. The Bertz CT molecular complexity index is 2700. The number of nitrogens with two attached hydrogens (primary N) is 1. The third kappa shape index (κ3) is 16.7. The van der Waals surface area contributed by atoms with Crippen molar-refractivity contribution in [2.75, 3.05) is 50.0 Å². The van der Waals surface area contributed by atoms with Gasteiger partial charge in [-0.05, 0) is 44.2 Å². The Labute approximate surface area is 447 Å². The van der Waals surface area contributed by atoms with Crippen LogP contribution in [0.4, 0.5) is 11.5 Å². The number of carbonyl (C=O) groups is 12. The van der Waals surface area contributed by atoms with Crippen molar-refractivity contribution < 1.29 is 104 Å². The fourth-order valence-electron chi connectivity index (χ4n) is 8.59. The number of carbonyl (C=O) groups excluding carboxylic acids is 12. The molecule has 432 valence electrons. The van der Waals surface area contributed by atoms with Gasteiger partial charge in [0.2, 0.25) is 47.3 Å². The number of amides is 10. The van der Waals surface area contributed by atoms with Gasteiger partial charge in [-0.25, -0.2) is 9.63 Å². The molecule has 9 atom stereocenters. The third-order valence-electron chi connectivity index (χ3n) is 12.6. The molecule has 0 radical (unpaired) electrons. The largest absolute Gasteiger partial charge is 0.550 e. The van der Waals surface area contributed by atoms with E-state index in [4.69, 9.17) is 5.73 Å². The van der Waals surface area contributed by atoms with Crippen LogP contribution in [-0.2, 0) is 57.5 Å². The van der Waals surface area contributed by atoms with E-state index in [1.807, 2.05) is 5.32 Å². The summed E-state index contributed by atoms with van der Waals surface area (Å²) in [6, 6.07) is -7.65. The summed E-state index contributed by atoms with van der Waals surface area (Å²) in [5, 5.41) is 102. The van der Waals surface area contributed by atoms with Crippen LogP contribution in [-0.4, -0.2) is 190 Å². The number of phenolic OH excluding ortho intramolecular Hbond substituents is 2. The predicted octanol–water partition coefficient (Wildman–Crippen LogP) is -11.7. The SMILES string of the molecule is NC(=O)CCC(=O)Nc1cc2cc(O)c(O)cc2[n+]2c1NCC[C@H]2C(=O)NC(CC(=O)[O-])C(=O)NC(CCC[NH3+])C(=O)NC(C(=O)NC1NCCC(C(=O)NCC(=O)NC(CO)C(=O)NC2CCCN(O)C2=O)N1)C(O)C(=O)[O-]. The van der Waals surface area contributed by atoms with Crippen molar-refractivity contribution in [2.24, 2.45) is 5.73 Å². The Hall–Kier alpha value is -8.57. The van der Waals surface area contributed by atoms with E-state index in [9.17, 15) is 93.4 Å². The number of aromatic hydroxyl groups is 2. The van der Waals surface area contributed by atoms with E-state index in [1.165, 1.54) is 10.6 Å². The zero-order valence-corrected chi connectivity index (χ0v) is 42.2. The first-order chi connectivity index (χ1) is 37.4. The summed E-state index contributed by atoms with van der Waals surface area (Å²) in [7, 11) is 0. The number of benzene rings is 1. The van der Waals surface area contributed by atoms with Crippen LogP contribution >= 0.6 is 0 Å². The van der Waals surface area contributed by atoms with E-state index in [0.717, 1.165) is 12.1 Å². The molecular weight excluding hydrogens is 1050 g/mol. The molecule has 1 aromatic carbocycles. The predicted molar refractivity (Wildman–Crippen MR) is 258 cm³/mol. The molecule has 0 bridgehead atoms. The van der Waals surface area contributed by atoms with Gasteiger partial charge in [0.1, 0.15) is 53.8 Å². The molecule has 5 rings (SSSR count). The van der Waals surface area contributed by atoms with Crippen molar-refractivity contribution in [3.05, 3.63) is 18.2 Å². The number of piperidine rings is 1. The fourth-order valence-corrected chi connectivity index (χ4v) is 8.59. The monoisotopic (exact) mass is 1120 g/mol. The molecule has 8 unspecified atom stereocenters. The normalized spacial score (nSPS) is 19.7. The van der Waals surface area contributed by atoms with E-state index in [0.29, 0.717) is 11.5 Å². The molecule has 0 saturated carbocycles. The molecule has 3 aliphatic heterocycles. The first-order valence-electron chi connectivity index (χ1n) is 24.8. The second kappa shape index (κ2) is 28.2. The molecule has 2 saturated heterocycles. The molecule has 21 N–H and O–H groups in total. The van der Waals surface area contributed by atoms with E-state index in [-0.39, 0.29) is 93.5 Å². The van der Waals surface area contributed by atoms with Crippen LogP contribution in [0.2, 0.25) is 0 Å². The average molecular weight is 1120 g/mol. The zero-order chi connectivity index (χ0) is 58.2. The lowest BCUT2D eigenvalue weighted by molar-refractivity contribution is -0.674. The summed E-state index contributed by atoms with van der Waals surface area (Å²) in [5.41, 5.74) is 9.00. The van der Waals surface area contributed by atoms with Crippen LogP contribution in [0.5, 0.6) is 11.5 Å². The maximum atomic E-state index is 14.2. The van der Waals surface area contributed by atoms with Gasteiger partial charge in [-0.2, -0.15) is 0 Å². The van der Waals surface area contributed by atoms with Crippen LogP contribution < -0.4 is 84.7 Å². The lowest BCUT2D eigenvalue weighted by atomic mass is 10.0. The number of carboxylic acid groups (broad SMARTS) is 2. The summed E-state index contributed by atoms with van der Waals surface area (Å²) in [6.45, 7) is -1.41. The number of pyridine rings is 1. The topological polar surface area (TPSA) is 545 Å². The van der Waals surface area contributed by atoms with Gasteiger partial charge < -0.3 is 94.2 Å². The summed E-state index contributed by atoms with van der Waals surface area (Å²) in [5.74, 6) is -15.1. The van der Waals surface area contributed by atoms with Gasteiger partial charge in [0, 0.05) is 56.2 Å². The van der Waals surface area contributed by atoms with E-state index < -0.39 is 157 Å². The molecule has 10 amide bonds. The minimum absolute atomic E-state index is 0.00452. The number of anilines is 2. The number of aromatic nitrogens is 1. The number of fused-ring (bicyclic) bond motifs is 3. The number of phenols is 2. The highest BCUT2D eigenvalue weighted by atomic mass is 16.5. The smallest absolute Gasteiger partial charge is 0.299 e. The minimum Gasteiger partial charge on any atom is -0.550 e. The zero-order valence-electron chi connectivity index (χ0n) is 42.2. The van der Waals surface area contributed by atoms with Crippen LogP contribution in [0.15, 0.2) is 18.2 Å². The molecule has 0 aliphatic carbocycles. The fraction of sp³-hybridized carbons (Fsp3) is 0.533. The number of nitrogens with one attached hydrogen (secondary N) is 11. The lowest BCUT2D eigenvalue weighted by Gasteiger charge is -2.34. The molecule has 79 heavy (non-hydrogen) atoms. The van der Waals surface area contributed by atoms with Crippen molar-refractivity contribution in [1.82, 2.24) is 52.9 Å². The number of hydrogen-bond acceptors (Lipinski definition) is 22. The highest BCUT2D eigenvalue weighted by Gasteiger charge is 2.40. The molecule has 34 nitrogen and oxygen atoms in total. The number of primary amides is 1.